The molecular weight excluding hydrogens is 454 g/mol. The predicted octanol–water partition coefficient (Wildman–Crippen LogP) is 5.11. The van der Waals surface area contributed by atoms with Crippen LogP contribution in [0.2, 0.25) is 0 Å². The maximum Gasteiger partial charge on any atom is 0.226 e. The lowest BCUT2D eigenvalue weighted by molar-refractivity contribution is -0.116. The molecule has 0 fully saturated rings. The fraction of sp³-hybridized carbons (Fsp3) is 0.190. The van der Waals surface area contributed by atoms with Crippen molar-refractivity contribution in [1.29, 1.82) is 0 Å². The summed E-state index contributed by atoms with van der Waals surface area (Å²) in [6.07, 6.45) is 0.983. The monoisotopic (exact) mass is 473 g/mol. The minimum Gasteiger partial charge on any atom is -0.496 e. The van der Waals surface area contributed by atoms with E-state index in [0.717, 1.165) is 32.7 Å². The first-order chi connectivity index (χ1) is 13.9. The van der Waals surface area contributed by atoms with Gasteiger partial charge in [0.2, 0.25) is 11.8 Å². The number of aryl methyl sites for hydroxylation is 1. The maximum atomic E-state index is 12.3. The minimum absolute atomic E-state index is 0.0844. The van der Waals surface area contributed by atoms with Gasteiger partial charge in [0.15, 0.2) is 5.13 Å². The number of hydrogen-bond donors (Lipinski definition) is 2. The van der Waals surface area contributed by atoms with Crippen LogP contribution in [0.5, 0.6) is 5.75 Å². The third kappa shape index (κ3) is 5.88. The Labute approximate surface area is 181 Å². The average molecular weight is 474 g/mol. The van der Waals surface area contributed by atoms with Crippen LogP contribution in [0.25, 0.3) is 11.3 Å². The van der Waals surface area contributed by atoms with Gasteiger partial charge in [-0.05, 0) is 52.2 Å². The molecule has 0 saturated carbocycles. The minimum atomic E-state index is -0.113. The molecule has 1 aromatic heterocycles. The molecule has 3 aromatic rings. The van der Waals surface area contributed by atoms with Crippen molar-refractivity contribution in [1.82, 2.24) is 4.98 Å². The number of methoxy groups -OCH3 is 1. The van der Waals surface area contributed by atoms with E-state index >= 15 is 0 Å². The van der Waals surface area contributed by atoms with Crippen molar-refractivity contribution >= 4 is 49.9 Å². The van der Waals surface area contributed by atoms with E-state index in [-0.39, 0.29) is 11.8 Å². The SMILES string of the molecule is COc1ccc(CCC(=O)Nc2nc(-c3ccc(NC(C)=O)cc3)cs2)cc1Br. The highest BCUT2D eigenvalue weighted by Crippen LogP contribution is 2.27. The molecule has 2 N–H and O–H groups in total. The summed E-state index contributed by atoms with van der Waals surface area (Å²) >= 11 is 4.83. The van der Waals surface area contributed by atoms with Crippen molar-refractivity contribution in [3.8, 4) is 17.0 Å². The molecular formula is C21H20BrN3O3S. The molecule has 29 heavy (non-hydrogen) atoms. The number of amides is 2. The number of anilines is 2. The van der Waals surface area contributed by atoms with E-state index in [0.29, 0.717) is 18.0 Å². The molecule has 8 heteroatoms. The van der Waals surface area contributed by atoms with E-state index < -0.39 is 0 Å². The van der Waals surface area contributed by atoms with Gasteiger partial charge in [0.25, 0.3) is 0 Å². The highest BCUT2D eigenvalue weighted by Gasteiger charge is 2.10. The molecule has 0 saturated heterocycles. The summed E-state index contributed by atoms with van der Waals surface area (Å²) in [5.41, 5.74) is 3.47. The highest BCUT2D eigenvalue weighted by molar-refractivity contribution is 9.10. The number of thiazole rings is 1. The molecule has 150 valence electrons. The number of benzene rings is 2. The largest absolute Gasteiger partial charge is 0.496 e. The van der Waals surface area contributed by atoms with Gasteiger partial charge in [-0.1, -0.05) is 18.2 Å². The van der Waals surface area contributed by atoms with Crippen molar-refractivity contribution in [3.05, 3.63) is 57.9 Å². The molecule has 0 aliphatic heterocycles. The first-order valence-corrected chi connectivity index (χ1v) is 10.6. The van der Waals surface area contributed by atoms with Crippen LogP contribution in [0.1, 0.15) is 18.9 Å². The summed E-state index contributed by atoms with van der Waals surface area (Å²) in [7, 11) is 1.62. The number of carbonyl (C=O) groups is 2. The topological polar surface area (TPSA) is 80.3 Å². The second-order valence-corrected chi connectivity index (χ2v) is 8.03. The van der Waals surface area contributed by atoms with Crippen LogP contribution in [0, 0.1) is 0 Å². The molecule has 0 aliphatic rings. The zero-order valence-corrected chi connectivity index (χ0v) is 18.4. The Morgan fingerprint density at radius 2 is 1.90 bits per heavy atom. The summed E-state index contributed by atoms with van der Waals surface area (Å²) in [6.45, 7) is 1.47. The first-order valence-electron chi connectivity index (χ1n) is 8.90. The van der Waals surface area contributed by atoms with E-state index in [4.69, 9.17) is 4.74 Å². The van der Waals surface area contributed by atoms with Gasteiger partial charge < -0.3 is 15.4 Å². The fourth-order valence-electron chi connectivity index (χ4n) is 2.70. The summed E-state index contributed by atoms with van der Waals surface area (Å²) in [6, 6.07) is 13.2. The normalized spacial score (nSPS) is 10.4. The number of carbonyl (C=O) groups excluding carboxylic acids is 2. The van der Waals surface area contributed by atoms with Crippen molar-refractivity contribution in [3.63, 3.8) is 0 Å². The standard InChI is InChI=1S/C21H20BrN3O3S/c1-13(26)23-16-7-5-15(6-8-16)18-12-29-21(24-18)25-20(27)10-4-14-3-9-19(28-2)17(22)11-14/h3,5-9,11-12H,4,10H2,1-2H3,(H,23,26)(H,24,25,27). The Balaban J connectivity index is 1.56. The van der Waals surface area contributed by atoms with Crippen LogP contribution in [0.15, 0.2) is 52.3 Å². The summed E-state index contributed by atoms with van der Waals surface area (Å²) in [5, 5.41) is 8.03. The van der Waals surface area contributed by atoms with Crippen LogP contribution >= 0.6 is 27.3 Å². The quantitative estimate of drug-likeness (QED) is 0.499. The van der Waals surface area contributed by atoms with Gasteiger partial charge in [-0.2, -0.15) is 0 Å². The number of nitrogens with zero attached hydrogens (tertiary/aromatic N) is 1. The van der Waals surface area contributed by atoms with E-state index in [1.165, 1.54) is 18.3 Å². The summed E-state index contributed by atoms with van der Waals surface area (Å²) in [5.74, 6) is 0.566. The molecule has 1 heterocycles. The molecule has 0 aliphatic carbocycles. The van der Waals surface area contributed by atoms with Crippen LogP contribution in [-0.4, -0.2) is 23.9 Å². The Hall–Kier alpha value is -2.71. The smallest absolute Gasteiger partial charge is 0.226 e. The number of hydrogen-bond acceptors (Lipinski definition) is 5. The average Bonchev–Trinajstić information content (AvgIpc) is 3.15. The van der Waals surface area contributed by atoms with Crippen molar-refractivity contribution in [2.75, 3.05) is 17.7 Å². The van der Waals surface area contributed by atoms with Gasteiger partial charge >= 0.3 is 0 Å². The van der Waals surface area contributed by atoms with Crippen LogP contribution in [0.4, 0.5) is 10.8 Å². The third-order valence-electron chi connectivity index (χ3n) is 4.11. The second-order valence-electron chi connectivity index (χ2n) is 6.31. The Bertz CT molecular complexity index is 1020. The number of aromatic nitrogens is 1. The Morgan fingerprint density at radius 3 is 2.55 bits per heavy atom. The van der Waals surface area contributed by atoms with E-state index in [1.807, 2.05) is 47.8 Å². The lowest BCUT2D eigenvalue weighted by atomic mass is 10.1. The molecule has 2 amide bonds. The zero-order chi connectivity index (χ0) is 20.8. The molecule has 6 nitrogen and oxygen atoms in total. The van der Waals surface area contributed by atoms with Gasteiger partial charge in [0.1, 0.15) is 5.75 Å². The van der Waals surface area contributed by atoms with Crippen LogP contribution in [0.3, 0.4) is 0 Å². The summed E-state index contributed by atoms with van der Waals surface area (Å²) in [4.78, 5) is 27.8. The van der Waals surface area contributed by atoms with Gasteiger partial charge in [-0.15, -0.1) is 11.3 Å². The molecule has 0 bridgehead atoms. The van der Waals surface area contributed by atoms with Crippen LogP contribution in [-0.2, 0) is 16.0 Å². The van der Waals surface area contributed by atoms with E-state index in [1.54, 1.807) is 7.11 Å². The number of nitrogens with one attached hydrogen (secondary N) is 2. The zero-order valence-electron chi connectivity index (χ0n) is 16.0. The van der Waals surface area contributed by atoms with Gasteiger partial charge in [0, 0.05) is 30.0 Å². The van der Waals surface area contributed by atoms with Crippen molar-refractivity contribution in [2.24, 2.45) is 0 Å². The Kier molecular flexibility index (Phi) is 7.00. The first kappa shape index (κ1) is 21.0. The molecule has 2 aromatic carbocycles. The van der Waals surface area contributed by atoms with Gasteiger partial charge in [-0.3, -0.25) is 9.59 Å². The van der Waals surface area contributed by atoms with Gasteiger partial charge in [-0.25, -0.2) is 4.98 Å². The van der Waals surface area contributed by atoms with E-state index in [2.05, 4.69) is 31.5 Å². The lowest BCUT2D eigenvalue weighted by Gasteiger charge is -2.06. The Morgan fingerprint density at radius 1 is 1.14 bits per heavy atom. The highest BCUT2D eigenvalue weighted by atomic mass is 79.9. The maximum absolute atomic E-state index is 12.3. The fourth-order valence-corrected chi connectivity index (χ4v) is 4.02. The molecule has 0 spiro atoms. The predicted molar refractivity (Wildman–Crippen MR) is 119 cm³/mol. The molecule has 0 atom stereocenters. The van der Waals surface area contributed by atoms with E-state index in [9.17, 15) is 9.59 Å². The van der Waals surface area contributed by atoms with Crippen molar-refractivity contribution in [2.45, 2.75) is 19.8 Å². The van der Waals surface area contributed by atoms with Crippen molar-refractivity contribution < 1.29 is 14.3 Å². The summed E-state index contributed by atoms with van der Waals surface area (Å²) < 4.78 is 6.08. The second kappa shape index (κ2) is 9.67. The number of halogens is 1. The molecule has 0 radical (unpaired) electrons. The third-order valence-corrected chi connectivity index (χ3v) is 5.49. The lowest BCUT2D eigenvalue weighted by Crippen LogP contribution is -2.12. The van der Waals surface area contributed by atoms with Gasteiger partial charge in [0.05, 0.1) is 17.3 Å². The molecule has 3 rings (SSSR count). The molecule has 0 unspecified atom stereocenters. The number of rotatable bonds is 7. The number of ether oxygens (including phenoxy) is 1. The van der Waals surface area contributed by atoms with Crippen LogP contribution < -0.4 is 15.4 Å².